The van der Waals surface area contributed by atoms with Gasteiger partial charge in [-0.15, -0.1) is 0 Å². The van der Waals surface area contributed by atoms with E-state index in [1.807, 2.05) is 0 Å². The number of piperidine rings is 1. The van der Waals surface area contributed by atoms with Gasteiger partial charge in [-0.25, -0.2) is 0 Å². The molecular formula is C9H17NO2. The molecule has 0 aliphatic carbocycles. The van der Waals surface area contributed by atoms with Gasteiger partial charge in [0.25, 0.3) is 0 Å². The van der Waals surface area contributed by atoms with Crippen molar-refractivity contribution >= 4 is 5.97 Å². The maximum absolute atomic E-state index is 11.2. The highest BCUT2D eigenvalue weighted by Crippen LogP contribution is 2.20. The fourth-order valence-corrected chi connectivity index (χ4v) is 1.64. The summed E-state index contributed by atoms with van der Waals surface area (Å²) < 4.78 is 4.71. The fourth-order valence-electron chi connectivity index (χ4n) is 1.64. The molecule has 1 rings (SSSR count). The molecule has 0 radical (unpaired) electrons. The Morgan fingerprint density at radius 2 is 2.17 bits per heavy atom. The Balaban J connectivity index is 2.45. The van der Waals surface area contributed by atoms with Crippen molar-refractivity contribution in [2.75, 3.05) is 20.7 Å². The third-order valence-corrected chi connectivity index (χ3v) is 2.73. The maximum Gasteiger partial charge on any atom is 0.309 e. The van der Waals surface area contributed by atoms with E-state index in [2.05, 4.69) is 18.9 Å². The Kier molecular flexibility index (Phi) is 3.09. The van der Waals surface area contributed by atoms with Crippen molar-refractivity contribution in [3.05, 3.63) is 0 Å². The normalized spacial score (nSPS) is 31.6. The first-order valence-electron chi connectivity index (χ1n) is 4.43. The first-order chi connectivity index (χ1) is 5.65. The molecule has 1 saturated heterocycles. The van der Waals surface area contributed by atoms with Gasteiger partial charge in [0.15, 0.2) is 0 Å². The van der Waals surface area contributed by atoms with Crippen LogP contribution in [-0.2, 0) is 9.53 Å². The van der Waals surface area contributed by atoms with E-state index in [1.165, 1.54) is 7.11 Å². The van der Waals surface area contributed by atoms with Crippen molar-refractivity contribution < 1.29 is 9.53 Å². The van der Waals surface area contributed by atoms with E-state index in [-0.39, 0.29) is 11.9 Å². The Morgan fingerprint density at radius 1 is 1.50 bits per heavy atom. The van der Waals surface area contributed by atoms with Crippen LogP contribution in [0, 0.1) is 5.92 Å². The minimum absolute atomic E-state index is 0.0613. The van der Waals surface area contributed by atoms with E-state index in [1.54, 1.807) is 0 Å². The number of hydrogen-bond acceptors (Lipinski definition) is 3. The van der Waals surface area contributed by atoms with Crippen LogP contribution < -0.4 is 0 Å². The fraction of sp³-hybridized carbons (Fsp3) is 0.889. The summed E-state index contributed by atoms with van der Waals surface area (Å²) in [6, 6.07) is 0.603. The molecule has 0 unspecified atom stereocenters. The third kappa shape index (κ3) is 1.97. The lowest BCUT2D eigenvalue weighted by molar-refractivity contribution is -0.147. The molecule has 0 spiro atoms. The molecule has 3 heteroatoms. The number of carbonyl (C=O) groups excluding carboxylic acids is 1. The Hall–Kier alpha value is -0.570. The van der Waals surface area contributed by atoms with Crippen LogP contribution in [0.15, 0.2) is 0 Å². The number of ether oxygens (including phenoxy) is 1. The Morgan fingerprint density at radius 3 is 2.67 bits per heavy atom. The molecule has 0 aromatic carbocycles. The second-order valence-corrected chi connectivity index (χ2v) is 3.59. The van der Waals surface area contributed by atoms with Crippen LogP contribution in [-0.4, -0.2) is 37.6 Å². The van der Waals surface area contributed by atoms with Gasteiger partial charge in [0.1, 0.15) is 0 Å². The molecule has 1 aliphatic rings. The lowest BCUT2D eigenvalue weighted by Gasteiger charge is -2.33. The van der Waals surface area contributed by atoms with E-state index in [0.29, 0.717) is 6.04 Å². The highest BCUT2D eigenvalue weighted by molar-refractivity contribution is 5.72. The quantitative estimate of drug-likeness (QED) is 0.549. The number of methoxy groups -OCH3 is 1. The molecule has 0 amide bonds. The van der Waals surface area contributed by atoms with Crippen molar-refractivity contribution in [1.82, 2.24) is 4.90 Å². The zero-order valence-electron chi connectivity index (χ0n) is 8.04. The van der Waals surface area contributed by atoms with E-state index in [4.69, 9.17) is 4.74 Å². The van der Waals surface area contributed by atoms with E-state index < -0.39 is 0 Å². The molecule has 1 aliphatic heterocycles. The molecule has 3 nitrogen and oxygen atoms in total. The van der Waals surface area contributed by atoms with Gasteiger partial charge in [0, 0.05) is 12.6 Å². The summed E-state index contributed by atoms with van der Waals surface area (Å²) in [4.78, 5) is 13.4. The van der Waals surface area contributed by atoms with Gasteiger partial charge in [-0.2, -0.15) is 0 Å². The predicted molar refractivity (Wildman–Crippen MR) is 46.8 cm³/mol. The minimum Gasteiger partial charge on any atom is -0.469 e. The van der Waals surface area contributed by atoms with Gasteiger partial charge in [-0.1, -0.05) is 0 Å². The topological polar surface area (TPSA) is 29.5 Å². The van der Waals surface area contributed by atoms with Crippen LogP contribution in [0.5, 0.6) is 0 Å². The minimum atomic E-state index is -0.0613. The van der Waals surface area contributed by atoms with Gasteiger partial charge in [-0.05, 0) is 26.8 Å². The molecular weight excluding hydrogens is 154 g/mol. The van der Waals surface area contributed by atoms with Gasteiger partial charge in [0.05, 0.1) is 13.0 Å². The van der Waals surface area contributed by atoms with Crippen LogP contribution in [0.4, 0.5) is 0 Å². The monoisotopic (exact) mass is 171 g/mol. The smallest absolute Gasteiger partial charge is 0.309 e. The average molecular weight is 171 g/mol. The van der Waals surface area contributed by atoms with Gasteiger partial charge in [0.2, 0.25) is 0 Å². The van der Waals surface area contributed by atoms with Crippen molar-refractivity contribution in [2.45, 2.75) is 25.8 Å². The van der Waals surface area contributed by atoms with Crippen LogP contribution in [0.3, 0.4) is 0 Å². The van der Waals surface area contributed by atoms with Gasteiger partial charge < -0.3 is 9.64 Å². The van der Waals surface area contributed by atoms with Crippen molar-refractivity contribution in [3.63, 3.8) is 0 Å². The molecule has 0 aromatic heterocycles. The Labute approximate surface area is 73.7 Å². The van der Waals surface area contributed by atoms with Crippen molar-refractivity contribution in [3.8, 4) is 0 Å². The molecule has 0 bridgehead atoms. The van der Waals surface area contributed by atoms with Crippen molar-refractivity contribution in [1.29, 1.82) is 0 Å². The highest BCUT2D eigenvalue weighted by Gasteiger charge is 2.27. The lowest BCUT2D eigenvalue weighted by atomic mass is 9.94. The Bertz CT molecular complexity index is 170. The summed E-state index contributed by atoms with van der Waals surface area (Å²) in [6.07, 6.45) is 2.06. The van der Waals surface area contributed by atoms with Crippen LogP contribution in [0.1, 0.15) is 19.8 Å². The molecule has 70 valence electrons. The van der Waals surface area contributed by atoms with Crippen LogP contribution in [0.25, 0.3) is 0 Å². The van der Waals surface area contributed by atoms with Crippen molar-refractivity contribution in [2.24, 2.45) is 5.92 Å². The second-order valence-electron chi connectivity index (χ2n) is 3.59. The summed E-state index contributed by atoms with van der Waals surface area (Å²) >= 11 is 0. The second kappa shape index (κ2) is 3.90. The number of likely N-dealkylation sites (tertiary alicyclic amines) is 1. The molecule has 12 heavy (non-hydrogen) atoms. The molecule has 2 atom stereocenters. The standard InChI is InChI=1S/C9H17NO2/c1-7-4-5-8(6-10(7)2)9(11)12-3/h7-8H,4-6H2,1-3H3/t7-,8-/m1/s1. The average Bonchev–Trinajstić information content (AvgIpc) is 2.08. The SMILES string of the molecule is COC(=O)[C@@H]1CC[C@@H](C)N(C)C1. The first kappa shape index (κ1) is 9.52. The van der Waals surface area contributed by atoms with Crippen LogP contribution in [0.2, 0.25) is 0 Å². The van der Waals surface area contributed by atoms with Crippen LogP contribution >= 0.6 is 0 Å². The highest BCUT2D eigenvalue weighted by atomic mass is 16.5. The molecule has 0 saturated carbocycles. The molecule has 0 aromatic rings. The lowest BCUT2D eigenvalue weighted by Crippen LogP contribution is -2.41. The summed E-state index contributed by atoms with van der Waals surface area (Å²) in [5.41, 5.74) is 0. The maximum atomic E-state index is 11.2. The van der Waals surface area contributed by atoms with E-state index in [9.17, 15) is 4.79 Å². The molecule has 0 N–H and O–H groups in total. The molecule has 1 fully saturated rings. The summed E-state index contributed by atoms with van der Waals surface area (Å²) in [7, 11) is 3.51. The third-order valence-electron chi connectivity index (χ3n) is 2.73. The largest absolute Gasteiger partial charge is 0.469 e. The number of nitrogens with zero attached hydrogens (tertiary/aromatic N) is 1. The number of rotatable bonds is 1. The number of hydrogen-bond donors (Lipinski definition) is 0. The first-order valence-corrected chi connectivity index (χ1v) is 4.43. The number of esters is 1. The zero-order valence-corrected chi connectivity index (χ0v) is 8.04. The summed E-state index contributed by atoms with van der Waals surface area (Å²) in [5.74, 6) is 0.0324. The summed E-state index contributed by atoms with van der Waals surface area (Å²) in [6.45, 7) is 3.03. The van der Waals surface area contributed by atoms with Gasteiger partial charge in [-0.3, -0.25) is 4.79 Å². The van der Waals surface area contributed by atoms with Gasteiger partial charge >= 0.3 is 5.97 Å². The van der Waals surface area contributed by atoms with E-state index in [0.717, 1.165) is 19.4 Å². The predicted octanol–water partition coefficient (Wildman–Crippen LogP) is 0.890. The molecule has 1 heterocycles. The van der Waals surface area contributed by atoms with E-state index >= 15 is 0 Å². The summed E-state index contributed by atoms with van der Waals surface area (Å²) in [5, 5.41) is 0. The number of carbonyl (C=O) groups is 1. The zero-order chi connectivity index (χ0) is 9.14.